The van der Waals surface area contributed by atoms with Gasteiger partial charge in [-0.1, -0.05) is 6.92 Å². The van der Waals surface area contributed by atoms with Crippen LogP contribution < -0.4 is 15.4 Å². The Morgan fingerprint density at radius 2 is 2.05 bits per heavy atom. The standard InChI is InChI=1S/C13H22N2O3S/c1-5-9(16)12-10(14)11(18-4)13(19-12)15(6-2)7-8-17-3/h5-8,14H2,1-4H3. The van der Waals surface area contributed by atoms with E-state index in [-0.39, 0.29) is 5.78 Å². The largest absolute Gasteiger partial charge is 0.492 e. The van der Waals surface area contributed by atoms with Crippen molar-refractivity contribution in [3.63, 3.8) is 0 Å². The molecule has 0 saturated carbocycles. The van der Waals surface area contributed by atoms with Gasteiger partial charge in [0.15, 0.2) is 11.5 Å². The molecule has 0 aliphatic heterocycles. The number of rotatable bonds is 8. The van der Waals surface area contributed by atoms with Crippen LogP contribution in [-0.2, 0) is 4.74 Å². The van der Waals surface area contributed by atoms with E-state index in [2.05, 4.69) is 4.90 Å². The van der Waals surface area contributed by atoms with Crippen LogP contribution in [0.3, 0.4) is 0 Å². The van der Waals surface area contributed by atoms with E-state index >= 15 is 0 Å². The maximum atomic E-state index is 11.9. The number of nitrogens with zero attached hydrogens (tertiary/aromatic N) is 1. The maximum absolute atomic E-state index is 11.9. The fourth-order valence-corrected chi connectivity index (χ4v) is 3.08. The average molecular weight is 286 g/mol. The lowest BCUT2D eigenvalue weighted by atomic mass is 10.2. The monoisotopic (exact) mass is 286 g/mol. The zero-order valence-electron chi connectivity index (χ0n) is 12.0. The number of ether oxygens (including phenoxy) is 2. The third-order valence-electron chi connectivity index (χ3n) is 2.89. The van der Waals surface area contributed by atoms with Crippen molar-refractivity contribution in [2.24, 2.45) is 0 Å². The molecule has 0 radical (unpaired) electrons. The van der Waals surface area contributed by atoms with Gasteiger partial charge >= 0.3 is 0 Å². The molecule has 0 saturated heterocycles. The fourth-order valence-electron chi connectivity index (χ4n) is 1.79. The minimum Gasteiger partial charge on any atom is -0.492 e. The predicted octanol–water partition coefficient (Wildman–Crippen LogP) is 2.40. The van der Waals surface area contributed by atoms with E-state index in [0.717, 1.165) is 18.1 Å². The van der Waals surface area contributed by atoms with Crippen LogP contribution in [0.5, 0.6) is 5.75 Å². The number of ketones is 1. The minimum atomic E-state index is 0.0508. The molecule has 0 unspecified atom stereocenters. The highest BCUT2D eigenvalue weighted by Crippen LogP contribution is 2.45. The number of thiophene rings is 1. The second-order valence-electron chi connectivity index (χ2n) is 4.03. The third kappa shape index (κ3) is 3.39. The van der Waals surface area contributed by atoms with Gasteiger partial charge in [-0.25, -0.2) is 0 Å². The topological polar surface area (TPSA) is 64.8 Å². The number of Topliss-reactive ketones (excluding diaryl/α,β-unsaturated/α-hetero) is 1. The SMILES string of the molecule is CCC(=O)c1sc(N(CC)CCOC)c(OC)c1N. The third-order valence-corrected chi connectivity index (χ3v) is 4.18. The number of anilines is 2. The molecular weight excluding hydrogens is 264 g/mol. The Kier molecular flexibility index (Phi) is 6.11. The Hall–Kier alpha value is -1.27. The number of likely N-dealkylation sites (N-methyl/N-ethyl adjacent to an activating group) is 1. The Balaban J connectivity index is 3.14. The quantitative estimate of drug-likeness (QED) is 0.743. The Bertz CT molecular complexity index is 432. The highest BCUT2D eigenvalue weighted by Gasteiger charge is 2.23. The van der Waals surface area contributed by atoms with Gasteiger partial charge in [0.25, 0.3) is 0 Å². The molecule has 0 aliphatic carbocycles. The molecule has 1 aromatic rings. The lowest BCUT2D eigenvalue weighted by molar-refractivity contribution is 0.0992. The van der Waals surface area contributed by atoms with Gasteiger partial charge in [-0.3, -0.25) is 4.79 Å². The summed E-state index contributed by atoms with van der Waals surface area (Å²) in [6, 6.07) is 0. The van der Waals surface area contributed by atoms with Crippen molar-refractivity contribution in [3.8, 4) is 5.75 Å². The first-order chi connectivity index (χ1) is 9.10. The molecule has 0 amide bonds. The van der Waals surface area contributed by atoms with Crippen molar-refractivity contribution in [3.05, 3.63) is 4.88 Å². The molecule has 0 fully saturated rings. The number of hydrogen-bond acceptors (Lipinski definition) is 6. The van der Waals surface area contributed by atoms with Crippen LogP contribution in [0.4, 0.5) is 10.7 Å². The molecule has 1 heterocycles. The summed E-state index contributed by atoms with van der Waals surface area (Å²) >= 11 is 1.40. The number of carbonyl (C=O) groups excluding carboxylic acids is 1. The summed E-state index contributed by atoms with van der Waals surface area (Å²) in [7, 11) is 3.24. The number of nitrogens with two attached hydrogens (primary N) is 1. The lowest BCUT2D eigenvalue weighted by Crippen LogP contribution is -2.26. The molecule has 19 heavy (non-hydrogen) atoms. The van der Waals surface area contributed by atoms with Gasteiger partial charge in [0.05, 0.1) is 24.3 Å². The first-order valence-electron chi connectivity index (χ1n) is 6.33. The van der Waals surface area contributed by atoms with Crippen molar-refractivity contribution in [2.75, 3.05) is 44.5 Å². The van der Waals surface area contributed by atoms with Crippen molar-refractivity contribution in [2.45, 2.75) is 20.3 Å². The molecule has 0 atom stereocenters. The predicted molar refractivity (Wildman–Crippen MR) is 79.7 cm³/mol. The van der Waals surface area contributed by atoms with Crippen LogP contribution in [0.1, 0.15) is 29.9 Å². The summed E-state index contributed by atoms with van der Waals surface area (Å²) in [5.41, 5.74) is 6.47. The molecule has 0 bridgehead atoms. The second-order valence-corrected chi connectivity index (χ2v) is 5.03. The summed E-state index contributed by atoms with van der Waals surface area (Å²) in [5.74, 6) is 0.648. The van der Waals surface area contributed by atoms with Gasteiger partial charge in [-0.05, 0) is 6.92 Å². The molecule has 1 rings (SSSR count). The highest BCUT2D eigenvalue weighted by molar-refractivity contribution is 7.19. The lowest BCUT2D eigenvalue weighted by Gasteiger charge is -2.21. The Morgan fingerprint density at radius 1 is 1.37 bits per heavy atom. The van der Waals surface area contributed by atoms with E-state index in [1.165, 1.54) is 11.3 Å². The summed E-state index contributed by atoms with van der Waals surface area (Å²) < 4.78 is 10.5. The van der Waals surface area contributed by atoms with E-state index in [9.17, 15) is 4.79 Å². The normalized spacial score (nSPS) is 10.5. The molecular formula is C13H22N2O3S. The van der Waals surface area contributed by atoms with Crippen LogP contribution in [0.15, 0.2) is 0 Å². The molecule has 6 heteroatoms. The molecule has 1 aromatic heterocycles. The van der Waals surface area contributed by atoms with Crippen LogP contribution >= 0.6 is 11.3 Å². The number of methoxy groups -OCH3 is 2. The van der Waals surface area contributed by atoms with Crippen LogP contribution in [0.25, 0.3) is 0 Å². The van der Waals surface area contributed by atoms with Crippen LogP contribution in [0.2, 0.25) is 0 Å². The fraction of sp³-hybridized carbons (Fsp3) is 0.615. The number of carbonyl (C=O) groups is 1. The van der Waals surface area contributed by atoms with Crippen molar-refractivity contribution in [1.29, 1.82) is 0 Å². The van der Waals surface area contributed by atoms with Crippen molar-refractivity contribution < 1.29 is 14.3 Å². The molecule has 5 nitrogen and oxygen atoms in total. The van der Waals surface area contributed by atoms with E-state index in [1.807, 2.05) is 13.8 Å². The minimum absolute atomic E-state index is 0.0508. The van der Waals surface area contributed by atoms with Gasteiger partial charge in [0.1, 0.15) is 5.00 Å². The van der Waals surface area contributed by atoms with Crippen molar-refractivity contribution in [1.82, 2.24) is 0 Å². The first kappa shape index (κ1) is 15.8. The number of nitrogen functional groups attached to an aromatic ring is 1. The van der Waals surface area contributed by atoms with Crippen molar-refractivity contribution >= 4 is 27.8 Å². The van der Waals surface area contributed by atoms with Gasteiger partial charge < -0.3 is 20.1 Å². The summed E-state index contributed by atoms with van der Waals surface area (Å²) in [6.07, 6.45) is 0.442. The Morgan fingerprint density at radius 3 is 2.53 bits per heavy atom. The average Bonchev–Trinajstić information content (AvgIpc) is 2.76. The molecule has 0 spiro atoms. The summed E-state index contributed by atoms with van der Waals surface area (Å²) in [5, 5.41) is 0.899. The number of hydrogen-bond donors (Lipinski definition) is 1. The van der Waals surface area contributed by atoms with Gasteiger partial charge in [0, 0.05) is 26.6 Å². The second kappa shape index (κ2) is 7.35. The van der Waals surface area contributed by atoms with Crippen LogP contribution in [0, 0.1) is 0 Å². The first-order valence-corrected chi connectivity index (χ1v) is 7.15. The van der Waals surface area contributed by atoms with Gasteiger partial charge in [-0.15, -0.1) is 11.3 Å². The van der Waals surface area contributed by atoms with E-state index in [1.54, 1.807) is 14.2 Å². The zero-order valence-corrected chi connectivity index (χ0v) is 12.8. The molecule has 108 valence electrons. The van der Waals surface area contributed by atoms with E-state index in [0.29, 0.717) is 29.3 Å². The molecule has 0 aliphatic rings. The van der Waals surface area contributed by atoms with Gasteiger partial charge in [-0.2, -0.15) is 0 Å². The van der Waals surface area contributed by atoms with Crippen LogP contribution in [-0.4, -0.2) is 39.7 Å². The van der Waals surface area contributed by atoms with Gasteiger partial charge in [0.2, 0.25) is 0 Å². The highest BCUT2D eigenvalue weighted by atomic mass is 32.1. The summed E-state index contributed by atoms with van der Waals surface area (Å²) in [4.78, 5) is 14.6. The Labute approximate surface area is 118 Å². The maximum Gasteiger partial charge on any atom is 0.177 e. The molecule has 2 N–H and O–H groups in total. The summed E-state index contributed by atoms with van der Waals surface area (Å²) in [6.45, 7) is 6.04. The smallest absolute Gasteiger partial charge is 0.177 e. The molecule has 0 aromatic carbocycles. The zero-order chi connectivity index (χ0) is 14.4. The van der Waals surface area contributed by atoms with E-state index < -0.39 is 0 Å². The van der Waals surface area contributed by atoms with E-state index in [4.69, 9.17) is 15.2 Å².